The number of halogens is 2. The van der Waals surface area contributed by atoms with Crippen molar-refractivity contribution in [3.8, 4) is 0 Å². The molecule has 0 aliphatic carbocycles. The maximum Gasteiger partial charge on any atom is 0.282 e. The predicted molar refractivity (Wildman–Crippen MR) is 120 cm³/mol. The van der Waals surface area contributed by atoms with E-state index in [0.29, 0.717) is 27.5 Å². The fourth-order valence-corrected chi connectivity index (χ4v) is 3.84. The van der Waals surface area contributed by atoms with Crippen LogP contribution >= 0.6 is 27.5 Å². The molecule has 0 saturated heterocycles. The van der Waals surface area contributed by atoms with Crippen LogP contribution in [-0.2, 0) is 9.59 Å². The molecule has 0 bridgehead atoms. The number of aryl methyl sites for hydroxylation is 1. The summed E-state index contributed by atoms with van der Waals surface area (Å²) < 4.78 is 0.865. The summed E-state index contributed by atoms with van der Waals surface area (Å²) in [6.07, 6.45) is 0. The normalized spacial score (nSPS) is 14.0. The molecular formula is C23H16BrClN2O2. The fourth-order valence-electron chi connectivity index (χ4n) is 3.27. The lowest BCUT2D eigenvalue weighted by atomic mass is 10.0. The highest BCUT2D eigenvalue weighted by molar-refractivity contribution is 9.10. The standard InChI is InChI=1S/C23H16BrClN2O2/c1-14-10-11-17(25)13-19(14)27-22(28)20(15-6-3-2-4-7-15)21(23(27)29)26-18-9-5-8-16(24)12-18/h2-13,26H,1H3. The third kappa shape index (κ3) is 3.71. The van der Waals surface area contributed by atoms with E-state index in [4.69, 9.17) is 11.6 Å². The number of hydrogen-bond donors (Lipinski definition) is 1. The lowest BCUT2D eigenvalue weighted by Crippen LogP contribution is -2.33. The van der Waals surface area contributed by atoms with Gasteiger partial charge in [-0.25, -0.2) is 4.90 Å². The molecule has 144 valence electrons. The van der Waals surface area contributed by atoms with Crippen LogP contribution < -0.4 is 10.2 Å². The second-order valence-electron chi connectivity index (χ2n) is 6.63. The predicted octanol–water partition coefficient (Wildman–Crippen LogP) is 5.81. The third-order valence-corrected chi connectivity index (χ3v) is 5.38. The molecule has 3 aromatic rings. The Hall–Kier alpha value is -2.89. The summed E-state index contributed by atoms with van der Waals surface area (Å²) in [6.45, 7) is 1.84. The molecule has 1 heterocycles. The SMILES string of the molecule is Cc1ccc(Cl)cc1N1C(=O)C(Nc2cccc(Br)c2)=C(c2ccccc2)C1=O. The van der Waals surface area contributed by atoms with Crippen LogP contribution in [0.15, 0.2) is 83.0 Å². The van der Waals surface area contributed by atoms with Gasteiger partial charge in [0.15, 0.2) is 0 Å². The van der Waals surface area contributed by atoms with Crippen molar-refractivity contribution in [2.75, 3.05) is 10.2 Å². The summed E-state index contributed by atoms with van der Waals surface area (Å²) in [5, 5.41) is 3.61. The zero-order valence-corrected chi connectivity index (χ0v) is 17.8. The van der Waals surface area contributed by atoms with Crippen molar-refractivity contribution in [2.24, 2.45) is 0 Å². The number of imide groups is 1. The van der Waals surface area contributed by atoms with E-state index in [1.807, 2.05) is 61.5 Å². The van der Waals surface area contributed by atoms with Gasteiger partial charge in [-0.1, -0.05) is 70.0 Å². The molecule has 3 aromatic carbocycles. The quantitative estimate of drug-likeness (QED) is 0.493. The van der Waals surface area contributed by atoms with Crippen molar-refractivity contribution in [2.45, 2.75) is 6.92 Å². The average molecular weight is 468 g/mol. The lowest BCUT2D eigenvalue weighted by molar-refractivity contribution is -0.120. The molecule has 4 nitrogen and oxygen atoms in total. The Balaban J connectivity index is 1.85. The van der Waals surface area contributed by atoms with Crippen molar-refractivity contribution < 1.29 is 9.59 Å². The number of rotatable bonds is 4. The van der Waals surface area contributed by atoms with Gasteiger partial charge >= 0.3 is 0 Å². The Labute approximate surface area is 181 Å². The summed E-state index contributed by atoms with van der Waals surface area (Å²) in [6, 6.07) is 21.8. The van der Waals surface area contributed by atoms with Crippen molar-refractivity contribution in [1.29, 1.82) is 0 Å². The van der Waals surface area contributed by atoms with E-state index < -0.39 is 5.91 Å². The van der Waals surface area contributed by atoms with E-state index in [-0.39, 0.29) is 11.6 Å². The topological polar surface area (TPSA) is 49.4 Å². The molecule has 4 rings (SSSR count). The Bertz CT molecular complexity index is 1160. The smallest absolute Gasteiger partial charge is 0.282 e. The molecule has 0 unspecified atom stereocenters. The van der Waals surface area contributed by atoms with Crippen LogP contribution in [0.4, 0.5) is 11.4 Å². The maximum atomic E-state index is 13.4. The summed E-state index contributed by atoms with van der Waals surface area (Å²) >= 11 is 9.58. The largest absolute Gasteiger partial charge is 0.350 e. The monoisotopic (exact) mass is 466 g/mol. The minimum Gasteiger partial charge on any atom is -0.350 e. The molecule has 0 saturated carbocycles. The van der Waals surface area contributed by atoms with E-state index >= 15 is 0 Å². The summed E-state index contributed by atoms with van der Waals surface area (Å²) in [4.78, 5) is 28.0. The van der Waals surface area contributed by atoms with Crippen molar-refractivity contribution >= 4 is 56.3 Å². The minimum absolute atomic E-state index is 0.235. The van der Waals surface area contributed by atoms with Crippen LogP contribution in [0.1, 0.15) is 11.1 Å². The van der Waals surface area contributed by atoms with Crippen LogP contribution in [-0.4, -0.2) is 11.8 Å². The first kappa shape index (κ1) is 19.4. The zero-order valence-electron chi connectivity index (χ0n) is 15.4. The van der Waals surface area contributed by atoms with Crippen LogP contribution in [0, 0.1) is 6.92 Å². The average Bonchev–Trinajstić information content (AvgIpc) is 2.94. The molecule has 0 fully saturated rings. The van der Waals surface area contributed by atoms with Gasteiger partial charge in [0, 0.05) is 15.2 Å². The van der Waals surface area contributed by atoms with Gasteiger partial charge in [-0.15, -0.1) is 0 Å². The molecule has 29 heavy (non-hydrogen) atoms. The Morgan fingerprint density at radius 3 is 2.38 bits per heavy atom. The second-order valence-corrected chi connectivity index (χ2v) is 7.98. The number of amides is 2. The molecule has 1 N–H and O–H groups in total. The van der Waals surface area contributed by atoms with Crippen molar-refractivity contribution in [3.63, 3.8) is 0 Å². The lowest BCUT2D eigenvalue weighted by Gasteiger charge is -2.18. The number of carbonyl (C=O) groups is 2. The van der Waals surface area contributed by atoms with Gasteiger partial charge in [0.1, 0.15) is 5.70 Å². The summed E-state index contributed by atoms with van der Waals surface area (Å²) in [5.74, 6) is -0.803. The maximum absolute atomic E-state index is 13.4. The molecule has 0 spiro atoms. The number of nitrogens with zero attached hydrogens (tertiary/aromatic N) is 1. The van der Waals surface area contributed by atoms with Crippen LogP contribution in [0.5, 0.6) is 0 Å². The van der Waals surface area contributed by atoms with E-state index in [1.165, 1.54) is 4.90 Å². The van der Waals surface area contributed by atoms with Crippen LogP contribution in [0.3, 0.4) is 0 Å². The first-order chi connectivity index (χ1) is 14.0. The van der Waals surface area contributed by atoms with E-state index in [9.17, 15) is 9.59 Å². The molecule has 1 aliphatic rings. The number of carbonyl (C=O) groups excluding carboxylic acids is 2. The highest BCUT2D eigenvalue weighted by atomic mass is 79.9. The molecule has 1 aliphatic heterocycles. The van der Waals surface area contributed by atoms with Gasteiger partial charge < -0.3 is 5.32 Å². The number of benzene rings is 3. The Morgan fingerprint density at radius 1 is 0.897 bits per heavy atom. The van der Waals surface area contributed by atoms with Crippen molar-refractivity contribution in [3.05, 3.63) is 99.1 Å². The van der Waals surface area contributed by atoms with E-state index in [2.05, 4.69) is 21.2 Å². The zero-order chi connectivity index (χ0) is 20.5. The Kier molecular flexibility index (Phi) is 5.26. The molecule has 0 radical (unpaired) electrons. The molecule has 2 amide bonds. The van der Waals surface area contributed by atoms with Crippen molar-refractivity contribution in [1.82, 2.24) is 0 Å². The first-order valence-corrected chi connectivity index (χ1v) is 10.1. The molecule has 0 atom stereocenters. The molecular weight excluding hydrogens is 452 g/mol. The van der Waals surface area contributed by atoms with Gasteiger partial charge in [-0.2, -0.15) is 0 Å². The Morgan fingerprint density at radius 2 is 1.66 bits per heavy atom. The van der Waals surface area contributed by atoms with E-state index in [0.717, 1.165) is 10.0 Å². The number of nitrogens with one attached hydrogen (secondary N) is 1. The first-order valence-electron chi connectivity index (χ1n) is 8.93. The van der Waals surface area contributed by atoms with Gasteiger partial charge in [0.05, 0.1) is 11.3 Å². The highest BCUT2D eigenvalue weighted by Gasteiger charge is 2.40. The summed E-state index contributed by atoms with van der Waals surface area (Å²) in [5.41, 5.74) is 3.20. The highest BCUT2D eigenvalue weighted by Crippen LogP contribution is 2.36. The third-order valence-electron chi connectivity index (χ3n) is 4.65. The summed E-state index contributed by atoms with van der Waals surface area (Å²) in [7, 11) is 0. The van der Waals surface area contributed by atoms with Gasteiger partial charge in [0.2, 0.25) is 0 Å². The van der Waals surface area contributed by atoms with Crippen LogP contribution in [0.2, 0.25) is 5.02 Å². The van der Waals surface area contributed by atoms with Gasteiger partial charge in [-0.3, -0.25) is 9.59 Å². The van der Waals surface area contributed by atoms with Gasteiger partial charge in [-0.05, 0) is 48.4 Å². The molecule has 6 heteroatoms. The van der Waals surface area contributed by atoms with Gasteiger partial charge in [0.25, 0.3) is 11.8 Å². The fraction of sp³-hybridized carbons (Fsp3) is 0.0435. The molecule has 0 aromatic heterocycles. The number of anilines is 2. The van der Waals surface area contributed by atoms with E-state index in [1.54, 1.807) is 18.2 Å². The van der Waals surface area contributed by atoms with Crippen LogP contribution in [0.25, 0.3) is 5.57 Å². The second kappa shape index (κ2) is 7.85. The minimum atomic E-state index is -0.417. The number of hydrogen-bond acceptors (Lipinski definition) is 3.